The first kappa shape index (κ1) is 31.0. The predicted molar refractivity (Wildman–Crippen MR) is 203 cm³/mol. The van der Waals surface area contributed by atoms with Gasteiger partial charge in [-0.25, -0.2) is 0 Å². The Labute approximate surface area is 287 Å². The van der Waals surface area contributed by atoms with Crippen LogP contribution in [0, 0.1) is 0 Å². The third kappa shape index (κ3) is 4.69. The minimum atomic E-state index is -3.17. The molecular weight excluding hydrogens is 747 g/mol. The maximum absolute atomic E-state index is 3.17. The van der Waals surface area contributed by atoms with Gasteiger partial charge in [0.15, 0.2) is 0 Å². The molecule has 2 unspecified atom stereocenters. The summed E-state index contributed by atoms with van der Waals surface area (Å²) < 4.78 is 6.74. The van der Waals surface area contributed by atoms with E-state index in [-0.39, 0.29) is 0 Å². The molecule has 1 fully saturated rings. The summed E-state index contributed by atoms with van der Waals surface area (Å²) in [6.07, 6.45) is 5.43. The molecule has 0 saturated carbocycles. The van der Waals surface area contributed by atoms with Crippen molar-refractivity contribution in [1.82, 2.24) is 0 Å². The van der Waals surface area contributed by atoms with Gasteiger partial charge in [-0.05, 0) is 0 Å². The van der Waals surface area contributed by atoms with Gasteiger partial charge in [-0.3, -0.25) is 0 Å². The summed E-state index contributed by atoms with van der Waals surface area (Å²) in [4.78, 5) is 0. The van der Waals surface area contributed by atoms with Crippen LogP contribution in [0.3, 0.4) is 0 Å². The number of allylic oxidation sites excluding steroid dienone is 2. The van der Waals surface area contributed by atoms with Gasteiger partial charge >= 0.3 is 289 Å². The summed E-state index contributed by atoms with van der Waals surface area (Å²) in [5.41, 5.74) is 14.6. The van der Waals surface area contributed by atoms with E-state index >= 15 is 0 Å². The summed E-state index contributed by atoms with van der Waals surface area (Å²) in [6, 6.07) is 44.7. The van der Waals surface area contributed by atoms with E-state index in [1.165, 1.54) is 44.5 Å². The molecule has 0 nitrogen and oxygen atoms in total. The average molecular weight is 793 g/mol. The van der Waals surface area contributed by atoms with Crippen molar-refractivity contribution < 1.29 is 20.0 Å². The molecule has 234 valence electrons. The second kappa shape index (κ2) is 11.4. The number of fused-ring (bicyclic) bond motifs is 6. The van der Waals surface area contributed by atoms with Gasteiger partial charge in [-0.15, -0.1) is 0 Å². The van der Waals surface area contributed by atoms with E-state index in [1.54, 1.807) is 26.7 Å². The molecule has 3 aliphatic rings. The number of hydrogen-bond acceptors (Lipinski definition) is 0. The van der Waals surface area contributed by atoms with Gasteiger partial charge in [0.2, 0.25) is 0 Å². The van der Waals surface area contributed by atoms with Gasteiger partial charge in [-0.2, -0.15) is 0 Å². The van der Waals surface area contributed by atoms with Crippen LogP contribution in [0.1, 0.15) is 80.3 Å². The summed E-state index contributed by atoms with van der Waals surface area (Å²) in [6.45, 7) is 11.9. The van der Waals surface area contributed by atoms with Gasteiger partial charge in [0.25, 0.3) is 0 Å². The van der Waals surface area contributed by atoms with Crippen molar-refractivity contribution in [2.24, 2.45) is 0 Å². The fourth-order valence-corrected chi connectivity index (χ4v) is 41.0. The first-order valence-electron chi connectivity index (χ1n) is 17.6. The minimum absolute atomic E-state index is 0.515. The van der Waals surface area contributed by atoms with E-state index in [0.29, 0.717) is 19.2 Å². The van der Waals surface area contributed by atoms with Crippen LogP contribution in [0.2, 0.25) is 15.9 Å². The average Bonchev–Trinajstić information content (AvgIpc) is 3.69. The topological polar surface area (TPSA) is 0 Å². The second-order valence-corrected chi connectivity index (χ2v) is 36.8. The SMILES string of the molecule is CC(C)c1cccc(-c2cccc3c2C=C2[CH]3[Hf]([CH3])([CH3])[CH]3C(=Cc4c(-c5cccc(C(C)C)c5)cccc43)[Si]2(C)c2ccccc2)c1. The Morgan fingerprint density at radius 3 is 1.43 bits per heavy atom. The van der Waals surface area contributed by atoms with Crippen molar-refractivity contribution in [2.75, 3.05) is 0 Å². The van der Waals surface area contributed by atoms with Crippen LogP contribution in [-0.2, 0) is 20.0 Å². The number of hydrogen-bond donors (Lipinski definition) is 0. The van der Waals surface area contributed by atoms with E-state index in [0.717, 1.165) is 0 Å². The Hall–Kier alpha value is -3.33. The van der Waals surface area contributed by atoms with E-state index in [2.05, 4.69) is 171 Å². The van der Waals surface area contributed by atoms with Gasteiger partial charge in [-0.1, -0.05) is 0 Å². The Morgan fingerprint density at radius 2 is 0.979 bits per heavy atom. The molecule has 0 radical (unpaired) electrons. The zero-order valence-electron chi connectivity index (χ0n) is 28.9. The Morgan fingerprint density at radius 1 is 0.532 bits per heavy atom. The van der Waals surface area contributed by atoms with Gasteiger partial charge in [0.1, 0.15) is 0 Å². The third-order valence-electron chi connectivity index (χ3n) is 11.8. The molecule has 1 aliphatic heterocycles. The molecule has 1 saturated heterocycles. The van der Waals surface area contributed by atoms with Crippen LogP contribution < -0.4 is 5.19 Å². The Kier molecular flexibility index (Phi) is 7.50. The quantitative estimate of drug-likeness (QED) is 0.156. The standard InChI is InChI=1S/C43H40Si.2CH3.Hf/c1-29(2)31-13-9-15-33(23-31)40-21-11-17-35-25-38(27-42(35)40)44(5,37-19-7-6-8-20-37)39-26-36-18-12-22-41(43(36)28-39)34-16-10-14-32(24-34)30(3)4;;;/h6-30H,1-5H3;2*1H3;. The van der Waals surface area contributed by atoms with Crippen molar-refractivity contribution in [1.29, 1.82) is 0 Å². The summed E-state index contributed by atoms with van der Waals surface area (Å²) in [5, 5.41) is 5.11. The molecule has 2 aliphatic carbocycles. The summed E-state index contributed by atoms with van der Waals surface area (Å²) in [5.74, 6) is 1.03. The zero-order valence-corrected chi connectivity index (χ0v) is 33.5. The van der Waals surface area contributed by atoms with Crippen LogP contribution >= 0.6 is 0 Å². The van der Waals surface area contributed by atoms with Crippen LogP contribution in [-0.4, -0.2) is 8.07 Å². The monoisotopic (exact) mass is 794 g/mol. The van der Waals surface area contributed by atoms with Crippen LogP contribution in [0.5, 0.6) is 0 Å². The third-order valence-corrected chi connectivity index (χ3v) is 33.7. The predicted octanol–water partition coefficient (Wildman–Crippen LogP) is 12.2. The van der Waals surface area contributed by atoms with Crippen molar-refractivity contribution in [2.45, 2.75) is 62.8 Å². The molecule has 1 heterocycles. The van der Waals surface area contributed by atoms with Gasteiger partial charge in [0, 0.05) is 0 Å². The molecule has 8 rings (SSSR count). The zero-order chi connectivity index (χ0) is 32.7. The fourth-order valence-electron chi connectivity index (χ4n) is 9.35. The molecule has 0 aromatic heterocycles. The summed E-state index contributed by atoms with van der Waals surface area (Å²) >= 11 is -3.17. The van der Waals surface area contributed by atoms with Crippen LogP contribution in [0.25, 0.3) is 34.4 Å². The molecular formula is C45H46HfSi. The molecule has 5 aromatic carbocycles. The number of rotatable bonds is 5. The van der Waals surface area contributed by atoms with Gasteiger partial charge < -0.3 is 0 Å². The fraction of sp³-hybridized carbons (Fsp3) is 0.244. The van der Waals surface area contributed by atoms with E-state index in [4.69, 9.17) is 0 Å². The Bertz CT molecular complexity index is 1970. The van der Waals surface area contributed by atoms with Crippen molar-refractivity contribution in [3.8, 4) is 22.3 Å². The first-order valence-corrected chi connectivity index (χ1v) is 31.4. The summed E-state index contributed by atoms with van der Waals surface area (Å²) in [7, 11) is -2.28. The Balaban J connectivity index is 1.37. The van der Waals surface area contributed by atoms with Crippen molar-refractivity contribution >= 4 is 25.4 Å². The van der Waals surface area contributed by atoms with Gasteiger partial charge in [0.05, 0.1) is 0 Å². The molecule has 0 amide bonds. The van der Waals surface area contributed by atoms with Crippen molar-refractivity contribution in [3.05, 3.63) is 159 Å². The number of benzene rings is 5. The first-order chi connectivity index (χ1) is 22.6. The molecule has 5 aromatic rings. The molecule has 2 heteroatoms. The van der Waals surface area contributed by atoms with Crippen LogP contribution in [0.4, 0.5) is 0 Å². The molecule has 0 N–H and O–H groups in total. The molecule has 0 bridgehead atoms. The second-order valence-electron chi connectivity index (χ2n) is 15.6. The molecule has 2 atom stereocenters. The molecule has 0 spiro atoms. The van der Waals surface area contributed by atoms with Crippen molar-refractivity contribution in [3.63, 3.8) is 0 Å². The van der Waals surface area contributed by atoms with Crippen LogP contribution in [0.15, 0.2) is 126 Å². The van der Waals surface area contributed by atoms with E-state index in [9.17, 15) is 0 Å². The molecule has 47 heavy (non-hydrogen) atoms. The van der Waals surface area contributed by atoms with E-state index < -0.39 is 28.0 Å². The maximum atomic E-state index is 2.78. The normalized spacial score (nSPS) is 22.0. The van der Waals surface area contributed by atoms with E-state index in [1.807, 2.05) is 0 Å².